The molecule has 1 unspecified atom stereocenters. The second-order valence-electron chi connectivity index (χ2n) is 7.81. The van der Waals surface area contributed by atoms with Crippen LogP contribution in [-0.2, 0) is 9.59 Å². The molecule has 4 rings (SSSR count). The summed E-state index contributed by atoms with van der Waals surface area (Å²) in [7, 11) is 1.67. The van der Waals surface area contributed by atoms with Crippen LogP contribution in [0, 0.1) is 0 Å². The molecular weight excluding hydrogens is 366 g/mol. The van der Waals surface area contributed by atoms with E-state index in [0.29, 0.717) is 12.2 Å². The Labute approximate surface area is 171 Å². The number of quaternary nitrogens is 1. The third kappa shape index (κ3) is 4.27. The highest BCUT2D eigenvalue weighted by Crippen LogP contribution is 2.29. The molecule has 1 fully saturated rings. The van der Waals surface area contributed by atoms with Gasteiger partial charge in [0.15, 0.2) is 6.54 Å². The Morgan fingerprint density at radius 1 is 1.14 bits per heavy atom. The lowest BCUT2D eigenvalue weighted by molar-refractivity contribution is -0.923. The van der Waals surface area contributed by atoms with E-state index in [1.165, 1.54) is 23.3 Å². The van der Waals surface area contributed by atoms with Crippen LogP contribution in [0.15, 0.2) is 48.5 Å². The normalized spacial score (nSPS) is 21.7. The van der Waals surface area contributed by atoms with Gasteiger partial charge in [0.2, 0.25) is 5.91 Å². The lowest BCUT2D eigenvalue weighted by Gasteiger charge is -2.32. The molecule has 0 bridgehead atoms. The number of nitrogens with zero attached hydrogens (tertiary/aromatic N) is 1. The standard InChI is InChI=1S/C23H27N3O3/c1-29-18-12-10-17(11-13-18)20-8-3-2-6-14-25(20)16-23(28)26-15-22(27)24-19-7-4-5-9-21(19)26/h4-5,7,9-13,20H,2-3,6,8,14-16H2,1H3,(H,24,27)/p+1/t20-/m0/s1. The number of carbonyl (C=O) groups excluding carboxylic acids is 2. The molecule has 2 aliphatic heterocycles. The third-order valence-corrected chi connectivity index (χ3v) is 5.95. The number of para-hydroxylation sites is 2. The summed E-state index contributed by atoms with van der Waals surface area (Å²) in [5.41, 5.74) is 2.73. The van der Waals surface area contributed by atoms with Gasteiger partial charge in [-0.05, 0) is 55.7 Å². The van der Waals surface area contributed by atoms with Crippen LogP contribution >= 0.6 is 0 Å². The van der Waals surface area contributed by atoms with Gasteiger partial charge in [-0.3, -0.25) is 14.5 Å². The Morgan fingerprint density at radius 2 is 1.93 bits per heavy atom. The first-order valence-electron chi connectivity index (χ1n) is 10.3. The van der Waals surface area contributed by atoms with Crippen molar-refractivity contribution in [3.8, 4) is 5.75 Å². The number of anilines is 2. The molecule has 29 heavy (non-hydrogen) atoms. The number of hydrogen-bond donors (Lipinski definition) is 2. The summed E-state index contributed by atoms with van der Waals surface area (Å²) in [6, 6.07) is 16.0. The number of methoxy groups -OCH3 is 1. The molecule has 0 aromatic heterocycles. The summed E-state index contributed by atoms with van der Waals surface area (Å²) < 4.78 is 5.29. The van der Waals surface area contributed by atoms with Gasteiger partial charge in [0.1, 0.15) is 18.3 Å². The van der Waals surface area contributed by atoms with Crippen molar-refractivity contribution in [2.24, 2.45) is 0 Å². The average Bonchev–Trinajstić information content (AvgIpc) is 2.98. The van der Waals surface area contributed by atoms with E-state index < -0.39 is 0 Å². The predicted octanol–water partition coefficient (Wildman–Crippen LogP) is 2.18. The summed E-state index contributed by atoms with van der Waals surface area (Å²) in [5.74, 6) is 0.702. The predicted molar refractivity (Wildman–Crippen MR) is 112 cm³/mol. The molecule has 2 aromatic carbocycles. The molecule has 2 N–H and O–H groups in total. The van der Waals surface area contributed by atoms with Crippen LogP contribution in [0.3, 0.4) is 0 Å². The smallest absolute Gasteiger partial charge is 0.282 e. The van der Waals surface area contributed by atoms with E-state index in [9.17, 15) is 9.59 Å². The molecule has 152 valence electrons. The Morgan fingerprint density at radius 3 is 2.72 bits per heavy atom. The highest BCUT2D eigenvalue weighted by molar-refractivity contribution is 6.10. The second kappa shape index (κ2) is 8.66. The largest absolute Gasteiger partial charge is 0.497 e. The molecule has 2 amide bonds. The number of amides is 2. The molecule has 2 aliphatic rings. The van der Waals surface area contributed by atoms with Gasteiger partial charge in [-0.25, -0.2) is 0 Å². The van der Waals surface area contributed by atoms with Gasteiger partial charge in [0.05, 0.1) is 25.0 Å². The van der Waals surface area contributed by atoms with Gasteiger partial charge in [-0.1, -0.05) is 12.1 Å². The monoisotopic (exact) mass is 394 g/mol. The Bertz CT molecular complexity index is 881. The molecule has 6 heteroatoms. The summed E-state index contributed by atoms with van der Waals surface area (Å²) in [6.07, 6.45) is 4.54. The highest BCUT2D eigenvalue weighted by Gasteiger charge is 2.33. The van der Waals surface area contributed by atoms with Crippen molar-refractivity contribution in [3.05, 3.63) is 54.1 Å². The Balaban J connectivity index is 1.55. The molecule has 6 nitrogen and oxygen atoms in total. The zero-order valence-electron chi connectivity index (χ0n) is 16.8. The number of carbonyl (C=O) groups is 2. The molecule has 2 aromatic rings. The van der Waals surface area contributed by atoms with Crippen LogP contribution in [0.4, 0.5) is 11.4 Å². The van der Waals surface area contributed by atoms with Crippen LogP contribution in [0.5, 0.6) is 5.75 Å². The van der Waals surface area contributed by atoms with Crippen LogP contribution < -0.4 is 19.9 Å². The van der Waals surface area contributed by atoms with Crippen molar-refractivity contribution in [2.45, 2.75) is 31.7 Å². The van der Waals surface area contributed by atoms with E-state index in [4.69, 9.17) is 4.74 Å². The number of fused-ring (bicyclic) bond motifs is 1. The molecule has 0 saturated carbocycles. The van der Waals surface area contributed by atoms with Gasteiger partial charge < -0.3 is 15.0 Å². The van der Waals surface area contributed by atoms with Crippen molar-refractivity contribution in [1.29, 1.82) is 0 Å². The Kier molecular flexibility index (Phi) is 5.81. The van der Waals surface area contributed by atoms with Crippen molar-refractivity contribution < 1.29 is 19.2 Å². The van der Waals surface area contributed by atoms with E-state index in [2.05, 4.69) is 17.4 Å². The van der Waals surface area contributed by atoms with Crippen molar-refractivity contribution in [2.75, 3.05) is 37.0 Å². The summed E-state index contributed by atoms with van der Waals surface area (Å²) in [5, 5.41) is 2.85. The van der Waals surface area contributed by atoms with Crippen molar-refractivity contribution in [3.63, 3.8) is 0 Å². The highest BCUT2D eigenvalue weighted by atomic mass is 16.5. The van der Waals surface area contributed by atoms with E-state index in [1.807, 2.05) is 36.4 Å². The van der Waals surface area contributed by atoms with Crippen molar-refractivity contribution >= 4 is 23.2 Å². The van der Waals surface area contributed by atoms with E-state index in [-0.39, 0.29) is 24.4 Å². The summed E-state index contributed by atoms with van der Waals surface area (Å²) >= 11 is 0. The van der Waals surface area contributed by atoms with Crippen LogP contribution in [0.25, 0.3) is 0 Å². The van der Waals surface area contributed by atoms with E-state index in [1.54, 1.807) is 12.0 Å². The minimum atomic E-state index is -0.144. The number of hydrogen-bond acceptors (Lipinski definition) is 3. The number of likely N-dealkylation sites (tertiary alicyclic amines) is 1. The first-order valence-corrected chi connectivity index (χ1v) is 10.3. The maximum Gasteiger partial charge on any atom is 0.282 e. The molecule has 2 atom stereocenters. The molecule has 1 saturated heterocycles. The number of ether oxygens (including phenoxy) is 1. The molecule has 2 heterocycles. The summed E-state index contributed by atoms with van der Waals surface area (Å²) in [4.78, 5) is 28.3. The number of nitrogens with one attached hydrogen (secondary N) is 2. The molecule has 0 aliphatic carbocycles. The lowest BCUT2D eigenvalue weighted by atomic mass is 10.0. The van der Waals surface area contributed by atoms with E-state index in [0.717, 1.165) is 30.8 Å². The first kappa shape index (κ1) is 19.5. The molecule has 0 spiro atoms. The van der Waals surface area contributed by atoms with Gasteiger partial charge >= 0.3 is 0 Å². The van der Waals surface area contributed by atoms with Gasteiger partial charge in [-0.2, -0.15) is 0 Å². The third-order valence-electron chi connectivity index (χ3n) is 5.95. The van der Waals surface area contributed by atoms with Gasteiger partial charge in [0, 0.05) is 12.0 Å². The zero-order chi connectivity index (χ0) is 20.2. The summed E-state index contributed by atoms with van der Waals surface area (Å²) in [6.45, 7) is 1.43. The van der Waals surface area contributed by atoms with Crippen LogP contribution in [0.1, 0.15) is 37.3 Å². The number of rotatable bonds is 4. The van der Waals surface area contributed by atoms with Gasteiger partial charge in [0.25, 0.3) is 5.91 Å². The zero-order valence-corrected chi connectivity index (χ0v) is 16.8. The maximum absolute atomic E-state index is 13.3. The fraction of sp³-hybridized carbons (Fsp3) is 0.391. The second-order valence-corrected chi connectivity index (χ2v) is 7.81. The quantitative estimate of drug-likeness (QED) is 0.836. The maximum atomic E-state index is 13.3. The fourth-order valence-electron chi connectivity index (χ4n) is 4.45. The lowest BCUT2D eigenvalue weighted by Crippen LogP contribution is -3.13. The van der Waals surface area contributed by atoms with Gasteiger partial charge in [-0.15, -0.1) is 0 Å². The molecule has 0 radical (unpaired) electrons. The van der Waals surface area contributed by atoms with Crippen LogP contribution in [0.2, 0.25) is 0 Å². The fourth-order valence-corrected chi connectivity index (χ4v) is 4.45. The minimum Gasteiger partial charge on any atom is -0.497 e. The van der Waals surface area contributed by atoms with E-state index >= 15 is 0 Å². The topological polar surface area (TPSA) is 63.1 Å². The number of benzene rings is 2. The average molecular weight is 394 g/mol. The van der Waals surface area contributed by atoms with Crippen LogP contribution in [-0.4, -0.2) is 38.6 Å². The SMILES string of the molecule is COc1ccc([C@@H]2CCCCC[NH+]2CC(=O)N2CC(=O)Nc3ccccc32)cc1. The van der Waals surface area contributed by atoms with Crippen molar-refractivity contribution in [1.82, 2.24) is 0 Å². The Hall–Kier alpha value is -2.86. The first-order chi connectivity index (χ1) is 14.2. The molecular formula is C23H28N3O3+. The minimum absolute atomic E-state index is 0.00251.